The Morgan fingerprint density at radius 3 is 2.33 bits per heavy atom. The van der Waals surface area contributed by atoms with Crippen molar-refractivity contribution in [2.45, 2.75) is 57.7 Å². The second kappa shape index (κ2) is 5.96. The first-order chi connectivity index (χ1) is 11.2. The van der Waals surface area contributed by atoms with E-state index < -0.39 is 8.32 Å². The fourth-order valence-corrected chi connectivity index (χ4v) is 4.23. The summed E-state index contributed by atoms with van der Waals surface area (Å²) in [7, 11) is -1.77. The predicted octanol–water partition coefficient (Wildman–Crippen LogP) is 5.73. The van der Waals surface area contributed by atoms with E-state index in [1.807, 2.05) is 6.07 Å². The molecule has 0 amide bonds. The van der Waals surface area contributed by atoms with Crippen LogP contribution in [0.4, 0.5) is 5.69 Å². The van der Waals surface area contributed by atoms with E-state index in [0.717, 1.165) is 17.9 Å². The fourth-order valence-electron chi connectivity index (χ4n) is 3.20. The Labute approximate surface area is 147 Å². The molecule has 0 aliphatic heterocycles. The van der Waals surface area contributed by atoms with Crippen LogP contribution in [0.1, 0.15) is 49.8 Å². The Morgan fingerprint density at radius 2 is 1.71 bits per heavy atom. The summed E-state index contributed by atoms with van der Waals surface area (Å²) < 4.78 is 6.39. The summed E-state index contributed by atoms with van der Waals surface area (Å²) in [5.41, 5.74) is 11.0. The van der Waals surface area contributed by atoms with Crippen LogP contribution in [0.25, 0.3) is 0 Å². The van der Waals surface area contributed by atoms with Gasteiger partial charge in [-0.3, -0.25) is 0 Å². The number of hydrogen-bond donors (Lipinski definition) is 1. The maximum atomic E-state index is 6.39. The first kappa shape index (κ1) is 17.1. The molecule has 0 heterocycles. The molecule has 0 bridgehead atoms. The van der Waals surface area contributed by atoms with E-state index in [1.165, 1.54) is 23.1 Å². The third kappa shape index (κ3) is 3.23. The zero-order chi connectivity index (χ0) is 17.5. The van der Waals surface area contributed by atoms with Crippen LogP contribution >= 0.6 is 0 Å². The number of benzene rings is 2. The Balaban J connectivity index is 1.80. The molecule has 3 heteroatoms. The highest BCUT2D eigenvalue weighted by Gasteiger charge is 2.39. The van der Waals surface area contributed by atoms with Crippen molar-refractivity contribution in [3.8, 4) is 5.75 Å². The molecule has 0 fully saturated rings. The van der Waals surface area contributed by atoms with Crippen molar-refractivity contribution < 1.29 is 4.43 Å². The van der Waals surface area contributed by atoms with Crippen molar-refractivity contribution in [2.75, 3.05) is 5.73 Å². The van der Waals surface area contributed by atoms with Crippen molar-refractivity contribution in [2.24, 2.45) is 0 Å². The van der Waals surface area contributed by atoms with Gasteiger partial charge < -0.3 is 10.2 Å². The first-order valence-corrected chi connectivity index (χ1v) is 11.8. The van der Waals surface area contributed by atoms with Crippen LogP contribution in [0, 0.1) is 0 Å². The monoisotopic (exact) mass is 339 g/mol. The van der Waals surface area contributed by atoms with Gasteiger partial charge in [0.05, 0.1) is 0 Å². The van der Waals surface area contributed by atoms with Gasteiger partial charge in [-0.15, -0.1) is 0 Å². The third-order valence-electron chi connectivity index (χ3n) is 5.71. The van der Waals surface area contributed by atoms with Gasteiger partial charge in [-0.05, 0) is 71.9 Å². The van der Waals surface area contributed by atoms with Gasteiger partial charge in [0.2, 0.25) is 8.32 Å². The van der Waals surface area contributed by atoms with Gasteiger partial charge in [-0.2, -0.15) is 0 Å². The molecule has 1 aliphatic rings. The molecule has 1 aliphatic carbocycles. The summed E-state index contributed by atoms with van der Waals surface area (Å²) in [4.78, 5) is 0. The second-order valence-corrected chi connectivity index (χ2v) is 13.2. The highest BCUT2D eigenvalue weighted by molar-refractivity contribution is 6.74. The number of aryl methyl sites for hydroxylation is 1. The SMILES string of the molecule is CC(C)(C)[Si](C)(C)Oc1ccc(C2CCc3cc(N)ccc32)cc1. The predicted molar refractivity (Wildman–Crippen MR) is 105 cm³/mol. The van der Waals surface area contributed by atoms with Crippen LogP contribution in [0.3, 0.4) is 0 Å². The molecule has 2 N–H and O–H groups in total. The first-order valence-electron chi connectivity index (χ1n) is 8.85. The Hall–Kier alpha value is -1.74. The lowest BCUT2D eigenvalue weighted by Gasteiger charge is -2.36. The fraction of sp³-hybridized carbons (Fsp3) is 0.429. The number of fused-ring (bicyclic) bond motifs is 1. The smallest absolute Gasteiger partial charge is 0.250 e. The zero-order valence-corrected chi connectivity index (χ0v) is 16.5. The van der Waals surface area contributed by atoms with Crippen molar-refractivity contribution in [1.82, 2.24) is 0 Å². The quantitative estimate of drug-likeness (QED) is 0.572. The molecule has 1 unspecified atom stereocenters. The molecule has 3 rings (SSSR count). The topological polar surface area (TPSA) is 35.2 Å². The van der Waals surface area contributed by atoms with Crippen LogP contribution in [0.5, 0.6) is 5.75 Å². The van der Waals surface area contributed by atoms with Crippen LogP contribution in [-0.4, -0.2) is 8.32 Å². The van der Waals surface area contributed by atoms with Gasteiger partial charge >= 0.3 is 0 Å². The maximum Gasteiger partial charge on any atom is 0.250 e. The molecule has 24 heavy (non-hydrogen) atoms. The Morgan fingerprint density at radius 1 is 1.04 bits per heavy atom. The van der Waals surface area contributed by atoms with Crippen molar-refractivity contribution in [3.63, 3.8) is 0 Å². The van der Waals surface area contributed by atoms with Crippen molar-refractivity contribution in [1.29, 1.82) is 0 Å². The minimum Gasteiger partial charge on any atom is -0.544 e. The summed E-state index contributed by atoms with van der Waals surface area (Å²) in [5, 5.41) is 0.218. The van der Waals surface area contributed by atoms with E-state index in [2.05, 4.69) is 70.3 Å². The molecule has 2 aromatic carbocycles. The number of nitrogens with two attached hydrogens (primary N) is 1. The van der Waals surface area contributed by atoms with Crippen LogP contribution < -0.4 is 10.2 Å². The van der Waals surface area contributed by atoms with E-state index in [1.54, 1.807) is 0 Å². The summed E-state index contributed by atoms with van der Waals surface area (Å²) in [6.07, 6.45) is 2.29. The van der Waals surface area contributed by atoms with E-state index in [0.29, 0.717) is 5.92 Å². The van der Waals surface area contributed by atoms with Gasteiger partial charge in [0.15, 0.2) is 0 Å². The normalized spacial score (nSPS) is 17.6. The van der Waals surface area contributed by atoms with Crippen LogP contribution in [0.2, 0.25) is 18.1 Å². The minimum atomic E-state index is -1.77. The van der Waals surface area contributed by atoms with Gasteiger partial charge in [0.1, 0.15) is 5.75 Å². The molecule has 0 saturated heterocycles. The highest BCUT2D eigenvalue weighted by atomic mass is 28.4. The standard InChI is InChI=1S/C21H29NOSi/c1-21(2,3)24(4,5)23-18-10-6-15(7-11-18)19-12-8-16-14-17(22)9-13-20(16)19/h6-7,9-11,13-14,19H,8,12,22H2,1-5H3. The lowest BCUT2D eigenvalue weighted by molar-refractivity contribution is 0.492. The Bertz CT molecular complexity index is 728. The lowest BCUT2D eigenvalue weighted by Crippen LogP contribution is -2.43. The number of anilines is 1. The molecule has 2 nitrogen and oxygen atoms in total. The largest absolute Gasteiger partial charge is 0.544 e. The molecule has 0 aromatic heterocycles. The lowest BCUT2D eigenvalue weighted by atomic mass is 9.93. The van der Waals surface area contributed by atoms with Gasteiger partial charge in [0, 0.05) is 11.6 Å². The molecule has 128 valence electrons. The summed E-state index contributed by atoms with van der Waals surface area (Å²) >= 11 is 0. The van der Waals surface area contributed by atoms with Gasteiger partial charge in [0.25, 0.3) is 0 Å². The van der Waals surface area contributed by atoms with E-state index in [9.17, 15) is 0 Å². The highest BCUT2D eigenvalue weighted by Crippen LogP contribution is 2.40. The molecule has 2 aromatic rings. The number of nitrogen functional groups attached to an aromatic ring is 1. The van der Waals surface area contributed by atoms with Crippen molar-refractivity contribution >= 4 is 14.0 Å². The molecule has 0 spiro atoms. The van der Waals surface area contributed by atoms with E-state index in [4.69, 9.17) is 10.2 Å². The van der Waals surface area contributed by atoms with E-state index >= 15 is 0 Å². The van der Waals surface area contributed by atoms with E-state index in [-0.39, 0.29) is 5.04 Å². The molecule has 0 radical (unpaired) electrons. The van der Waals surface area contributed by atoms with Gasteiger partial charge in [-0.1, -0.05) is 39.0 Å². The zero-order valence-electron chi connectivity index (χ0n) is 15.5. The van der Waals surface area contributed by atoms with Gasteiger partial charge in [-0.25, -0.2) is 0 Å². The molecular formula is C21H29NOSi. The summed E-state index contributed by atoms with van der Waals surface area (Å²) in [5.74, 6) is 1.49. The average Bonchev–Trinajstić information content (AvgIpc) is 2.89. The third-order valence-corrected chi connectivity index (χ3v) is 10.1. The number of hydrogen-bond acceptors (Lipinski definition) is 2. The molecule has 0 saturated carbocycles. The Kier molecular flexibility index (Phi) is 4.24. The summed E-state index contributed by atoms with van der Waals surface area (Å²) in [6, 6.07) is 15.1. The van der Waals surface area contributed by atoms with Crippen LogP contribution in [0.15, 0.2) is 42.5 Å². The average molecular weight is 340 g/mol. The maximum absolute atomic E-state index is 6.39. The minimum absolute atomic E-state index is 0.218. The number of rotatable bonds is 3. The van der Waals surface area contributed by atoms with Crippen molar-refractivity contribution in [3.05, 3.63) is 59.2 Å². The van der Waals surface area contributed by atoms with Crippen LogP contribution in [-0.2, 0) is 6.42 Å². The molecule has 1 atom stereocenters. The molecular weight excluding hydrogens is 310 g/mol. The second-order valence-electron chi connectivity index (χ2n) is 8.48. The summed E-state index contributed by atoms with van der Waals surface area (Å²) in [6.45, 7) is 11.4.